The monoisotopic (exact) mass is 233 g/mol. The zero-order chi connectivity index (χ0) is 11.9. The maximum Gasteiger partial charge on any atom is 0.425 e. The Hall–Kier alpha value is -1.43. The zero-order valence-corrected chi connectivity index (χ0v) is 8.16. The summed E-state index contributed by atoms with van der Waals surface area (Å²) in [6.45, 7) is 0. The van der Waals surface area contributed by atoms with E-state index in [0.29, 0.717) is 11.3 Å². The van der Waals surface area contributed by atoms with Crippen LogP contribution in [0.2, 0.25) is 0 Å². The molecule has 0 fully saturated rings. The predicted molar refractivity (Wildman–Crippen MR) is 50.9 cm³/mol. The Kier molecular flexibility index (Phi) is 2.46. The van der Waals surface area contributed by atoms with Gasteiger partial charge >= 0.3 is 6.18 Å². The molecule has 2 rings (SSSR count). The number of aliphatic hydroxyl groups excluding tert-OH is 1. The van der Waals surface area contributed by atoms with Crippen molar-refractivity contribution in [3.05, 3.63) is 23.8 Å². The minimum absolute atomic E-state index is 0.0373. The molecule has 0 unspecified atom stereocenters. The Morgan fingerprint density at radius 3 is 2.69 bits per heavy atom. The van der Waals surface area contributed by atoms with Gasteiger partial charge in [-0.1, -0.05) is 0 Å². The van der Waals surface area contributed by atoms with Gasteiger partial charge in [-0.3, -0.25) is 0 Å². The van der Waals surface area contributed by atoms with Crippen LogP contribution in [0.4, 0.5) is 18.9 Å². The number of nitrogen functional groups attached to an aromatic ring is 1. The number of fused-ring (bicyclic) bond motifs is 1. The zero-order valence-electron chi connectivity index (χ0n) is 8.16. The number of nitrogens with two attached hydrogens (primary N) is 1. The molecule has 0 aromatic heterocycles. The minimum atomic E-state index is -4.47. The molecule has 1 heterocycles. The molecule has 16 heavy (non-hydrogen) atoms. The van der Waals surface area contributed by atoms with Gasteiger partial charge in [0, 0.05) is 17.7 Å². The van der Waals surface area contributed by atoms with E-state index in [-0.39, 0.29) is 5.75 Å². The van der Waals surface area contributed by atoms with E-state index in [9.17, 15) is 18.3 Å². The normalized spacial score (nSPS) is 24.8. The van der Waals surface area contributed by atoms with Gasteiger partial charge < -0.3 is 15.6 Å². The molecule has 6 heteroatoms. The average Bonchev–Trinajstić information content (AvgIpc) is 2.17. The SMILES string of the molecule is Nc1ccc2c(c1)[C@@H](O)C[C@@H](C(F)(F)F)O2. The Morgan fingerprint density at radius 1 is 1.38 bits per heavy atom. The molecular weight excluding hydrogens is 223 g/mol. The summed E-state index contributed by atoms with van der Waals surface area (Å²) >= 11 is 0. The van der Waals surface area contributed by atoms with Gasteiger partial charge in [-0.15, -0.1) is 0 Å². The molecule has 1 aromatic carbocycles. The number of benzene rings is 1. The fraction of sp³-hybridized carbons (Fsp3) is 0.400. The summed E-state index contributed by atoms with van der Waals surface area (Å²) in [5.74, 6) is 0.0373. The van der Waals surface area contributed by atoms with E-state index in [1.165, 1.54) is 18.2 Å². The van der Waals surface area contributed by atoms with Crippen LogP contribution in [0, 0.1) is 0 Å². The number of rotatable bonds is 0. The minimum Gasteiger partial charge on any atom is -0.480 e. The lowest BCUT2D eigenvalue weighted by atomic mass is 9.98. The average molecular weight is 233 g/mol. The Morgan fingerprint density at radius 2 is 2.06 bits per heavy atom. The first kappa shape index (κ1) is 11.1. The molecule has 1 aliphatic rings. The molecule has 0 aliphatic carbocycles. The van der Waals surface area contributed by atoms with Crippen molar-refractivity contribution in [1.29, 1.82) is 0 Å². The van der Waals surface area contributed by atoms with Gasteiger partial charge in [-0.25, -0.2) is 0 Å². The molecule has 0 saturated heterocycles. The van der Waals surface area contributed by atoms with Gasteiger partial charge in [0.15, 0.2) is 6.10 Å². The van der Waals surface area contributed by atoms with Crippen molar-refractivity contribution in [2.24, 2.45) is 0 Å². The number of ether oxygens (including phenoxy) is 1. The summed E-state index contributed by atoms with van der Waals surface area (Å²) in [6, 6.07) is 4.20. The van der Waals surface area contributed by atoms with Crippen LogP contribution >= 0.6 is 0 Å². The molecule has 0 radical (unpaired) electrons. The highest BCUT2D eigenvalue weighted by Crippen LogP contribution is 2.40. The second-order valence-corrected chi connectivity index (χ2v) is 3.70. The smallest absolute Gasteiger partial charge is 0.425 e. The topological polar surface area (TPSA) is 55.5 Å². The molecule has 0 spiro atoms. The third-order valence-electron chi connectivity index (χ3n) is 2.46. The molecule has 3 nitrogen and oxygen atoms in total. The van der Waals surface area contributed by atoms with Crippen LogP contribution in [0.1, 0.15) is 18.1 Å². The summed E-state index contributed by atoms with van der Waals surface area (Å²) in [5.41, 5.74) is 6.16. The van der Waals surface area contributed by atoms with E-state index in [4.69, 9.17) is 10.5 Å². The van der Waals surface area contributed by atoms with Crippen LogP contribution in [-0.2, 0) is 0 Å². The summed E-state index contributed by atoms with van der Waals surface area (Å²) < 4.78 is 42.1. The molecular formula is C10H10F3NO2. The van der Waals surface area contributed by atoms with Crippen LogP contribution in [0.25, 0.3) is 0 Å². The summed E-state index contributed by atoms with van der Waals surface area (Å²) in [6.07, 6.45) is -8.13. The quantitative estimate of drug-likeness (QED) is 0.674. The van der Waals surface area contributed by atoms with E-state index in [1.807, 2.05) is 0 Å². The van der Waals surface area contributed by atoms with E-state index < -0.39 is 24.8 Å². The second-order valence-electron chi connectivity index (χ2n) is 3.70. The van der Waals surface area contributed by atoms with Crippen LogP contribution in [0.15, 0.2) is 18.2 Å². The Balaban J connectivity index is 2.34. The van der Waals surface area contributed by atoms with Crippen molar-refractivity contribution >= 4 is 5.69 Å². The highest BCUT2D eigenvalue weighted by molar-refractivity contribution is 5.49. The fourth-order valence-corrected chi connectivity index (χ4v) is 1.67. The van der Waals surface area contributed by atoms with Crippen LogP contribution in [-0.4, -0.2) is 17.4 Å². The Bertz CT molecular complexity index is 406. The number of aliphatic hydroxyl groups is 1. The Labute approximate surface area is 89.6 Å². The number of halogens is 3. The largest absolute Gasteiger partial charge is 0.480 e. The third-order valence-corrected chi connectivity index (χ3v) is 2.46. The highest BCUT2D eigenvalue weighted by Gasteiger charge is 2.45. The van der Waals surface area contributed by atoms with Crippen LogP contribution in [0.5, 0.6) is 5.75 Å². The lowest BCUT2D eigenvalue weighted by Crippen LogP contribution is -2.38. The first-order valence-corrected chi connectivity index (χ1v) is 4.69. The summed E-state index contributed by atoms with van der Waals surface area (Å²) in [5, 5.41) is 9.58. The molecule has 0 saturated carbocycles. The van der Waals surface area contributed by atoms with Gasteiger partial charge in [-0.2, -0.15) is 13.2 Å². The molecule has 0 amide bonds. The van der Waals surface area contributed by atoms with Crippen molar-refractivity contribution in [2.45, 2.75) is 24.8 Å². The van der Waals surface area contributed by atoms with Gasteiger partial charge in [0.05, 0.1) is 6.10 Å². The van der Waals surface area contributed by atoms with Crippen molar-refractivity contribution in [3.63, 3.8) is 0 Å². The summed E-state index contributed by atoms with van der Waals surface area (Å²) in [7, 11) is 0. The first-order valence-electron chi connectivity index (χ1n) is 4.69. The van der Waals surface area contributed by atoms with E-state index in [0.717, 1.165) is 0 Å². The number of anilines is 1. The number of hydrogen-bond donors (Lipinski definition) is 2. The highest BCUT2D eigenvalue weighted by atomic mass is 19.4. The summed E-state index contributed by atoms with van der Waals surface area (Å²) in [4.78, 5) is 0. The number of alkyl halides is 3. The fourth-order valence-electron chi connectivity index (χ4n) is 1.67. The van der Waals surface area contributed by atoms with Gasteiger partial charge in [0.2, 0.25) is 0 Å². The molecule has 3 N–H and O–H groups in total. The van der Waals surface area contributed by atoms with Crippen molar-refractivity contribution in [3.8, 4) is 5.75 Å². The lowest BCUT2D eigenvalue weighted by molar-refractivity contribution is -0.207. The predicted octanol–water partition coefficient (Wildman–Crippen LogP) is 2.02. The van der Waals surface area contributed by atoms with Crippen LogP contribution < -0.4 is 10.5 Å². The molecule has 0 bridgehead atoms. The van der Waals surface area contributed by atoms with Crippen LogP contribution in [0.3, 0.4) is 0 Å². The molecule has 1 aromatic rings. The van der Waals surface area contributed by atoms with Crippen molar-refractivity contribution < 1.29 is 23.0 Å². The van der Waals surface area contributed by atoms with E-state index in [2.05, 4.69) is 0 Å². The van der Waals surface area contributed by atoms with Gasteiger partial charge in [0.1, 0.15) is 5.75 Å². The van der Waals surface area contributed by atoms with Crippen molar-refractivity contribution in [1.82, 2.24) is 0 Å². The second kappa shape index (κ2) is 3.55. The van der Waals surface area contributed by atoms with Gasteiger partial charge in [0.25, 0.3) is 0 Å². The van der Waals surface area contributed by atoms with Crippen molar-refractivity contribution in [2.75, 3.05) is 5.73 Å². The van der Waals surface area contributed by atoms with E-state index >= 15 is 0 Å². The number of hydrogen-bond acceptors (Lipinski definition) is 3. The third kappa shape index (κ3) is 1.92. The lowest BCUT2D eigenvalue weighted by Gasteiger charge is -2.30. The maximum atomic E-state index is 12.4. The van der Waals surface area contributed by atoms with E-state index in [1.54, 1.807) is 0 Å². The van der Waals surface area contributed by atoms with Gasteiger partial charge in [-0.05, 0) is 18.2 Å². The molecule has 1 aliphatic heterocycles. The molecule has 2 atom stereocenters. The maximum absolute atomic E-state index is 12.4. The molecule has 88 valence electrons. The standard InChI is InChI=1S/C10H10F3NO2/c11-10(12,13)9-4-7(15)6-3-5(14)1-2-8(6)16-9/h1-3,7,9,15H,4,14H2/t7-,9-/m0/s1. The first-order chi connectivity index (χ1) is 7.38.